The van der Waals surface area contributed by atoms with Gasteiger partial charge in [0.1, 0.15) is 103 Å². The van der Waals surface area contributed by atoms with E-state index in [0.717, 1.165) is 30.6 Å². The number of rotatable bonds is 24. The predicted molar refractivity (Wildman–Crippen MR) is 483 cm³/mol. The molecule has 6 rings (SSSR count). The average Bonchev–Trinajstić information content (AvgIpc) is 1.32. The molecule has 0 spiro atoms. The summed E-state index contributed by atoms with van der Waals surface area (Å²) in [5.41, 5.74) is 18.0. The van der Waals surface area contributed by atoms with Crippen LogP contribution in [0.2, 0.25) is 0 Å². The number of nitrogens with one attached hydrogen (secondary N) is 18. The van der Waals surface area contributed by atoms with Gasteiger partial charge in [-0.15, -0.1) is 0 Å². The van der Waals surface area contributed by atoms with E-state index in [4.69, 9.17) is 22.6 Å². The zero-order chi connectivity index (χ0) is 101. The van der Waals surface area contributed by atoms with Crippen LogP contribution in [0.1, 0.15) is 171 Å². The van der Waals surface area contributed by atoms with Crippen LogP contribution in [0.5, 0.6) is 0 Å². The van der Waals surface area contributed by atoms with Gasteiger partial charge < -0.3 is 132 Å². The van der Waals surface area contributed by atoms with Crippen LogP contribution in [0.25, 0.3) is 0 Å². The number of nitrogens with two attached hydrogens (primary N) is 3. The first-order chi connectivity index (χ1) is 63.6. The third-order valence-electron chi connectivity index (χ3n) is 23.2. The molecule has 0 radical (unpaired) electrons. The van der Waals surface area contributed by atoms with Gasteiger partial charge >= 0.3 is 5.97 Å². The minimum absolute atomic E-state index is 0.0299. The topological polar surface area (TPSA) is 732 Å². The van der Waals surface area contributed by atoms with Crippen LogP contribution in [0, 0.1) is 29.1 Å². The molecular formula is C88H132N24O23. The minimum Gasteiger partial charge on any atom is -0.481 e. The van der Waals surface area contributed by atoms with Crippen LogP contribution < -0.4 is 102 Å². The molecule has 3 fully saturated rings. The maximum Gasteiger partial charge on any atom is 0.303 e. The van der Waals surface area contributed by atoms with E-state index in [1.165, 1.54) is 33.3 Å². The number of benzene rings is 2. The van der Waals surface area contributed by atoms with Crippen molar-refractivity contribution in [1.29, 1.82) is 5.41 Å². The minimum atomic E-state index is -1.91. The summed E-state index contributed by atoms with van der Waals surface area (Å²) in [4.78, 5) is 295. The highest BCUT2D eigenvalue weighted by molar-refractivity contribution is 6.03. The number of aromatic nitrogens is 2. The number of carboxylic acids is 1. The van der Waals surface area contributed by atoms with Gasteiger partial charge in [-0.3, -0.25) is 101 Å². The molecule has 0 aliphatic carbocycles. The van der Waals surface area contributed by atoms with Crippen molar-refractivity contribution >= 4 is 124 Å². The number of nitrogens with zero attached hydrogens (tertiary/aromatic N) is 3. The van der Waals surface area contributed by atoms with E-state index in [-0.39, 0.29) is 89.5 Å². The highest BCUT2D eigenvalue weighted by Gasteiger charge is 2.46. The number of primary amides is 2. The molecule has 135 heavy (non-hydrogen) atoms. The normalized spacial score (nSPS) is 26.8. The van der Waals surface area contributed by atoms with Crippen LogP contribution in [-0.4, -0.2) is 294 Å². The number of hydrogen-bond acceptors (Lipinski definition) is 24. The number of aliphatic hydroxyl groups excluding tert-OH is 2. The largest absolute Gasteiger partial charge is 0.481 e. The van der Waals surface area contributed by atoms with E-state index in [0.29, 0.717) is 11.1 Å². The van der Waals surface area contributed by atoms with Crippen LogP contribution >= 0.6 is 0 Å². The second-order valence-corrected chi connectivity index (χ2v) is 35.2. The van der Waals surface area contributed by atoms with Crippen molar-refractivity contribution in [2.45, 2.75) is 288 Å². The Kier molecular flexibility index (Phi) is 42.9. The van der Waals surface area contributed by atoms with E-state index >= 15 is 9.59 Å². The molecule has 3 aromatic rings. The zero-order valence-corrected chi connectivity index (χ0v) is 77.8. The Labute approximate surface area is 780 Å². The number of fused-ring (bicyclic) bond motifs is 2. The van der Waals surface area contributed by atoms with Gasteiger partial charge in [-0.05, 0) is 107 Å². The van der Waals surface area contributed by atoms with Gasteiger partial charge in [0, 0.05) is 51.5 Å². The summed E-state index contributed by atoms with van der Waals surface area (Å²) in [7, 11) is 0. The van der Waals surface area contributed by atoms with Gasteiger partial charge in [0.05, 0.1) is 37.1 Å². The summed E-state index contributed by atoms with van der Waals surface area (Å²) in [6.45, 7) is 16.6. The summed E-state index contributed by atoms with van der Waals surface area (Å²) >= 11 is 0. The molecule has 47 heteroatoms. The number of aromatic amines is 1. The van der Waals surface area contributed by atoms with Crippen LogP contribution in [0.4, 0.5) is 0 Å². The lowest BCUT2D eigenvalue weighted by molar-refractivity contribution is -0.145. The smallest absolute Gasteiger partial charge is 0.303 e. The lowest BCUT2D eigenvalue weighted by atomic mass is 9.95. The number of aliphatic hydroxyl groups is 2. The van der Waals surface area contributed by atoms with Gasteiger partial charge in [-0.1, -0.05) is 122 Å². The van der Waals surface area contributed by atoms with Crippen LogP contribution in [0.3, 0.4) is 0 Å². The zero-order valence-electron chi connectivity index (χ0n) is 77.8. The molecule has 3 saturated heterocycles. The fraction of sp³-hybridized carbons (Fsp3) is 0.591. The first-order valence-electron chi connectivity index (χ1n) is 45.1. The number of imidazole rings is 1. The number of aliphatic carboxylic acids is 1. The third-order valence-corrected chi connectivity index (χ3v) is 23.2. The fourth-order valence-corrected chi connectivity index (χ4v) is 15.3. The number of guanidine groups is 1. The number of carbonyl (C=O) groups excluding carboxylic acids is 19. The van der Waals surface area contributed by atoms with Crippen molar-refractivity contribution in [3.05, 3.63) is 90.0 Å². The van der Waals surface area contributed by atoms with Gasteiger partial charge in [0.15, 0.2) is 5.96 Å². The Balaban J connectivity index is 1.41. The molecule has 47 nitrogen and oxygen atoms in total. The summed E-state index contributed by atoms with van der Waals surface area (Å²) in [6, 6.07) is -11.5. The molecule has 3 aliphatic rings. The number of H-pyrrole nitrogens is 1. The number of hydrogen-bond donors (Lipinski definition) is 24. The van der Waals surface area contributed by atoms with E-state index < -0.39 is 288 Å². The first-order valence-corrected chi connectivity index (χ1v) is 45.1. The Bertz CT molecular complexity index is 4690. The molecule has 0 unspecified atom stereocenters. The Morgan fingerprint density at radius 1 is 0.430 bits per heavy atom. The molecule has 742 valence electrons. The van der Waals surface area contributed by atoms with E-state index in [1.807, 2.05) is 0 Å². The van der Waals surface area contributed by atoms with Crippen LogP contribution in [-0.2, 0) is 115 Å². The third kappa shape index (κ3) is 33.7. The number of amides is 19. The Hall–Kier alpha value is -13.8. The predicted octanol–water partition coefficient (Wildman–Crippen LogP) is -6.60. The second-order valence-electron chi connectivity index (χ2n) is 35.2. The van der Waals surface area contributed by atoms with E-state index in [1.54, 1.807) is 102 Å². The molecule has 0 saturated carbocycles. The van der Waals surface area contributed by atoms with Crippen molar-refractivity contribution < 1.29 is 111 Å². The second kappa shape index (κ2) is 52.6. The molecule has 20 atom stereocenters. The van der Waals surface area contributed by atoms with Crippen LogP contribution in [0.15, 0.2) is 73.2 Å². The molecule has 27 N–H and O–H groups in total. The van der Waals surface area contributed by atoms with Gasteiger partial charge in [0.2, 0.25) is 112 Å². The van der Waals surface area contributed by atoms with Gasteiger partial charge in [-0.2, -0.15) is 0 Å². The summed E-state index contributed by atoms with van der Waals surface area (Å²) in [5, 5.41) is 80.3. The SMILES string of the molecule is CC[C@H](C)[C@@H]1NC(=O)[C@H](CC(N)=O)NC(=O)[C@H](C)NC(=O)[C@H](Cc2ccccc2)NC(=O)[C@H](Cc2ccccc2)NC(=O)[C@H](Cc2c[nH]cn2)NC(=O)[C@H](C(C)C)NC(=O)[C@H](C(C)C)NC(=O)[C@@H]2CCCN2C(=O)[C@H](CC(N)=O)NC(=O)[C@H](CCC(=O)O)NC(=O)[C@@H]2CCCN2C(=O)[C@H]([C@@H](C)O)NC(=O)[C@H](CCCNC(=N)N)NC(=O)[C@H](C)NC(=O)[C@H]([C@@H](C)O)NC(=O)[C@H](C(C)C)NC1=O. The highest BCUT2D eigenvalue weighted by Crippen LogP contribution is 2.24. The number of carboxylic acid groups (broad SMARTS) is 1. The molecule has 3 aliphatic heterocycles. The van der Waals surface area contributed by atoms with Crippen molar-refractivity contribution in [3.63, 3.8) is 0 Å². The monoisotopic (exact) mass is 1890 g/mol. The molecule has 19 amide bonds. The standard InChI is InChI=1S/C88H132N24O23/c1-13-45(8)68-84(132)107-67(44(6)7)83(131)109-69(48(11)113)85(133)97-47(10)71(119)98-53(27-20-32-94-88(91)92)74(122)110-70(49(12)114)87(135)112-34-22-28-60(112)79(127)99-54(30-31-64(117)118)73(121)104-59(39-63(90)116)86(134)111-33-21-29-61(111)80(128)105-66(43(4)5)82(130)106-65(42(2)3)81(129)103-57(37-52-40-93-41-95-52)77(125)102-56(36-51-25-18-15-19-26-51)76(124)101-55(35-50-23-16-14-17-24-50)75(123)96-46(9)72(120)100-58(38-62(89)115)78(126)108-68/h14-19,23-26,40-49,53-61,65-70,113-114H,13,20-22,27-39H2,1-12H3,(H2,89,115)(H2,90,116)(H,93,95)(H,96,123)(H,97,133)(H,98,119)(H,99,127)(H,100,120)(H,101,124)(H,102,125)(H,103,129)(H,104,121)(H,105,128)(H,106,130)(H,107,132)(H,108,126)(H,109,131)(H,110,122)(H,117,118)(H4,91,92,94)/t45-,46-,47-,48+,49+,53-,54-,55-,56-,57-,58-,59-,60-,61-,65-,66-,67-,68-,69-,70-/m0/s1. The average molecular weight is 1890 g/mol. The fourth-order valence-electron chi connectivity index (χ4n) is 15.3. The van der Waals surface area contributed by atoms with Gasteiger partial charge in [-0.25, -0.2) is 4.98 Å². The van der Waals surface area contributed by atoms with Crippen molar-refractivity contribution in [2.75, 3.05) is 19.6 Å². The van der Waals surface area contributed by atoms with E-state index in [2.05, 4.69) is 95.0 Å². The summed E-state index contributed by atoms with van der Waals surface area (Å²) in [6.07, 6.45) is -4.99. The molecule has 2 aromatic carbocycles. The Morgan fingerprint density at radius 2 is 0.785 bits per heavy atom. The summed E-state index contributed by atoms with van der Waals surface area (Å²) in [5.74, 6) is -25.3. The first kappa shape index (κ1) is 110. The van der Waals surface area contributed by atoms with Crippen molar-refractivity contribution in [2.24, 2.45) is 40.9 Å². The van der Waals surface area contributed by atoms with Crippen molar-refractivity contribution in [3.8, 4) is 0 Å². The lowest BCUT2D eigenvalue weighted by Crippen LogP contribution is -2.63. The lowest BCUT2D eigenvalue weighted by Gasteiger charge is -2.32. The molecule has 4 heterocycles. The maximum absolute atomic E-state index is 15.1. The van der Waals surface area contributed by atoms with E-state index in [9.17, 15) is 102 Å². The molecule has 1 aromatic heterocycles. The molecular weight excluding hydrogens is 1760 g/mol. The summed E-state index contributed by atoms with van der Waals surface area (Å²) < 4.78 is 0. The van der Waals surface area contributed by atoms with Crippen molar-refractivity contribution in [1.82, 2.24) is 105 Å². The maximum atomic E-state index is 15.1. The van der Waals surface area contributed by atoms with Gasteiger partial charge in [0.25, 0.3) is 0 Å². The highest BCUT2D eigenvalue weighted by atomic mass is 16.4. The Morgan fingerprint density at radius 3 is 1.24 bits per heavy atom. The quantitative estimate of drug-likeness (QED) is 0.0225. The molecule has 0 bridgehead atoms. The number of carbonyl (C=O) groups is 20.